The molecule has 0 N–H and O–H groups in total. The van der Waals surface area contributed by atoms with Crippen molar-refractivity contribution in [3.8, 4) is 0 Å². The average molecular weight is 488 g/mol. The molecule has 184 valence electrons. The third kappa shape index (κ3) is 5.07. The molecule has 33 heavy (non-hydrogen) atoms. The summed E-state index contributed by atoms with van der Waals surface area (Å²) in [7, 11) is -3.89. The molecule has 2 aromatic rings. The third-order valence-electron chi connectivity index (χ3n) is 6.73. The second-order valence-electron chi connectivity index (χ2n) is 10.2. The van der Waals surface area contributed by atoms with Crippen LogP contribution in [0.5, 0.6) is 0 Å². The van der Waals surface area contributed by atoms with E-state index in [9.17, 15) is 21.6 Å². The summed E-state index contributed by atoms with van der Waals surface area (Å²) in [5.74, 6) is -0.0817. The topological polar surface area (TPSA) is 64.4 Å². The second kappa shape index (κ2) is 8.85. The van der Waals surface area contributed by atoms with Crippen LogP contribution in [0.15, 0.2) is 23.1 Å². The molecule has 2 aliphatic heterocycles. The average Bonchev–Trinajstić information content (AvgIpc) is 3.12. The lowest BCUT2D eigenvalue weighted by Gasteiger charge is -2.32. The Bertz CT molecular complexity index is 1090. The second-order valence-corrected chi connectivity index (χ2v) is 12.2. The molecule has 2 fully saturated rings. The van der Waals surface area contributed by atoms with E-state index in [0.717, 1.165) is 43.9 Å². The van der Waals surface area contributed by atoms with Crippen molar-refractivity contribution in [1.29, 1.82) is 0 Å². The Kier molecular flexibility index (Phi) is 6.56. The van der Waals surface area contributed by atoms with Gasteiger partial charge >= 0.3 is 6.18 Å². The lowest BCUT2D eigenvalue weighted by molar-refractivity contribution is -0.182. The minimum atomic E-state index is -4.28. The Hall–Kier alpha value is -1.65. The van der Waals surface area contributed by atoms with Crippen molar-refractivity contribution in [3.63, 3.8) is 0 Å². The lowest BCUT2D eigenvalue weighted by Crippen LogP contribution is -2.42. The van der Waals surface area contributed by atoms with Crippen LogP contribution in [0.25, 0.3) is 11.0 Å². The Balaban J connectivity index is 1.64. The molecule has 6 nitrogen and oxygen atoms in total. The first-order chi connectivity index (χ1) is 15.4. The van der Waals surface area contributed by atoms with Crippen molar-refractivity contribution in [2.24, 2.45) is 11.8 Å². The van der Waals surface area contributed by atoms with E-state index in [2.05, 4.69) is 25.3 Å². The predicted octanol–water partition coefficient (Wildman–Crippen LogP) is 4.72. The maximum atomic E-state index is 13.2. The lowest BCUT2D eigenvalue weighted by atomic mass is 9.94. The zero-order valence-electron chi connectivity index (χ0n) is 19.4. The number of ether oxygens (including phenoxy) is 1. The fraction of sp³-hybridized carbons (Fsp3) is 0.696. The molecule has 3 heterocycles. The number of aromatic nitrogens is 2. The number of rotatable bonds is 4. The van der Waals surface area contributed by atoms with E-state index in [4.69, 9.17) is 9.72 Å². The van der Waals surface area contributed by atoms with Gasteiger partial charge in [-0.2, -0.15) is 17.5 Å². The maximum absolute atomic E-state index is 13.2. The van der Waals surface area contributed by atoms with Crippen LogP contribution in [-0.2, 0) is 26.7 Å². The van der Waals surface area contributed by atoms with E-state index in [1.807, 2.05) is 0 Å². The van der Waals surface area contributed by atoms with E-state index in [-0.39, 0.29) is 36.2 Å². The number of halogens is 3. The number of benzene rings is 1. The van der Waals surface area contributed by atoms with Crippen molar-refractivity contribution in [1.82, 2.24) is 13.9 Å². The van der Waals surface area contributed by atoms with E-state index in [1.54, 1.807) is 18.2 Å². The molecule has 0 bridgehead atoms. The van der Waals surface area contributed by atoms with E-state index < -0.39 is 22.1 Å². The van der Waals surface area contributed by atoms with Gasteiger partial charge in [0.2, 0.25) is 10.0 Å². The van der Waals surface area contributed by atoms with Gasteiger partial charge in [0.15, 0.2) is 0 Å². The Morgan fingerprint density at radius 3 is 2.27 bits per heavy atom. The van der Waals surface area contributed by atoms with Crippen molar-refractivity contribution in [2.75, 3.05) is 26.3 Å². The first kappa shape index (κ1) is 24.5. The number of imidazole rings is 1. The quantitative estimate of drug-likeness (QED) is 0.626. The Labute approximate surface area is 193 Å². The smallest absolute Gasteiger partial charge is 0.381 e. The number of hydrogen-bond acceptors (Lipinski definition) is 4. The molecular weight excluding hydrogens is 455 g/mol. The molecule has 1 aromatic heterocycles. The minimum absolute atomic E-state index is 0.0802. The Morgan fingerprint density at radius 2 is 1.70 bits per heavy atom. The molecule has 4 rings (SSSR count). The molecule has 0 saturated carbocycles. The molecule has 2 aliphatic rings. The molecular formula is C23H32F3N3O3S. The highest BCUT2D eigenvalue weighted by atomic mass is 32.2. The molecule has 0 unspecified atom stereocenters. The van der Waals surface area contributed by atoms with Gasteiger partial charge in [0, 0.05) is 38.3 Å². The first-order valence-electron chi connectivity index (χ1n) is 11.5. The summed E-state index contributed by atoms with van der Waals surface area (Å²) in [5, 5.41) is 0. The SMILES string of the molecule is CC(C)(C)c1nc2cc(S(=O)(=O)N3CCC(C(F)(F)F)CC3)ccc2n1CC1CCOCC1. The van der Waals surface area contributed by atoms with Gasteiger partial charge in [-0.3, -0.25) is 0 Å². The number of piperidine rings is 1. The van der Waals surface area contributed by atoms with Gasteiger partial charge in [-0.1, -0.05) is 20.8 Å². The highest BCUT2D eigenvalue weighted by Crippen LogP contribution is 2.36. The van der Waals surface area contributed by atoms with Gasteiger partial charge in [-0.15, -0.1) is 0 Å². The first-order valence-corrected chi connectivity index (χ1v) is 13.0. The molecule has 0 aliphatic carbocycles. The molecule has 0 radical (unpaired) electrons. The van der Waals surface area contributed by atoms with Gasteiger partial charge in [-0.05, 0) is 49.8 Å². The Morgan fingerprint density at radius 1 is 1.06 bits per heavy atom. The van der Waals surface area contributed by atoms with Crippen molar-refractivity contribution >= 4 is 21.1 Å². The van der Waals surface area contributed by atoms with Crippen LogP contribution in [0.1, 0.15) is 52.3 Å². The molecule has 2 saturated heterocycles. The normalized spacial score (nSPS) is 20.5. The zero-order valence-corrected chi connectivity index (χ0v) is 20.2. The third-order valence-corrected chi connectivity index (χ3v) is 8.62. The summed E-state index contributed by atoms with van der Waals surface area (Å²) < 4.78 is 74.2. The van der Waals surface area contributed by atoms with Gasteiger partial charge < -0.3 is 9.30 Å². The van der Waals surface area contributed by atoms with E-state index in [0.29, 0.717) is 11.4 Å². The molecule has 10 heteroatoms. The number of hydrogen-bond donors (Lipinski definition) is 0. The number of fused-ring (bicyclic) bond motifs is 1. The largest absolute Gasteiger partial charge is 0.391 e. The molecule has 1 aromatic carbocycles. The van der Waals surface area contributed by atoms with Crippen LogP contribution in [-0.4, -0.2) is 54.8 Å². The summed E-state index contributed by atoms with van der Waals surface area (Å²) in [6, 6.07) is 4.91. The van der Waals surface area contributed by atoms with E-state index >= 15 is 0 Å². The van der Waals surface area contributed by atoms with Crippen molar-refractivity contribution in [2.45, 2.75) is 69.5 Å². The van der Waals surface area contributed by atoms with Gasteiger partial charge in [0.25, 0.3) is 0 Å². The molecule has 0 atom stereocenters. The number of nitrogens with zero attached hydrogens (tertiary/aromatic N) is 3. The fourth-order valence-electron chi connectivity index (χ4n) is 4.79. The summed E-state index contributed by atoms with van der Waals surface area (Å²) in [4.78, 5) is 4.89. The number of alkyl halides is 3. The van der Waals surface area contributed by atoms with Gasteiger partial charge in [0.1, 0.15) is 5.82 Å². The van der Waals surface area contributed by atoms with E-state index in [1.165, 1.54) is 4.31 Å². The zero-order chi connectivity index (χ0) is 24.0. The monoisotopic (exact) mass is 487 g/mol. The predicted molar refractivity (Wildman–Crippen MR) is 120 cm³/mol. The maximum Gasteiger partial charge on any atom is 0.391 e. The van der Waals surface area contributed by atoms with Gasteiger partial charge in [0.05, 0.1) is 21.8 Å². The van der Waals surface area contributed by atoms with Crippen molar-refractivity contribution in [3.05, 3.63) is 24.0 Å². The highest BCUT2D eigenvalue weighted by Gasteiger charge is 2.43. The van der Waals surface area contributed by atoms with Crippen LogP contribution in [0.4, 0.5) is 13.2 Å². The van der Waals surface area contributed by atoms with Crippen LogP contribution in [0.3, 0.4) is 0 Å². The fourth-order valence-corrected chi connectivity index (χ4v) is 6.28. The summed E-state index contributed by atoms with van der Waals surface area (Å²) >= 11 is 0. The minimum Gasteiger partial charge on any atom is -0.381 e. The standard InChI is InChI=1S/C23H32F3N3O3S/c1-22(2,3)21-27-19-14-18(4-5-20(19)29(21)15-16-8-12-32-13-9-16)33(30,31)28-10-6-17(7-11-28)23(24,25)26/h4-5,14,16-17H,6-13,15H2,1-3H3. The summed E-state index contributed by atoms with van der Waals surface area (Å²) in [5.41, 5.74) is 1.24. The van der Waals surface area contributed by atoms with Crippen molar-refractivity contribution < 1.29 is 26.3 Å². The van der Waals surface area contributed by atoms with Crippen LogP contribution >= 0.6 is 0 Å². The summed E-state index contributed by atoms with van der Waals surface area (Å²) in [6.07, 6.45) is -2.75. The summed E-state index contributed by atoms with van der Waals surface area (Å²) in [6.45, 7) is 8.27. The van der Waals surface area contributed by atoms with Crippen LogP contribution < -0.4 is 0 Å². The number of sulfonamides is 1. The molecule has 0 spiro atoms. The van der Waals surface area contributed by atoms with Crippen LogP contribution in [0, 0.1) is 11.8 Å². The van der Waals surface area contributed by atoms with Crippen LogP contribution in [0.2, 0.25) is 0 Å². The molecule has 0 amide bonds. The highest BCUT2D eigenvalue weighted by molar-refractivity contribution is 7.89. The van der Waals surface area contributed by atoms with Gasteiger partial charge in [-0.25, -0.2) is 13.4 Å².